The Morgan fingerprint density at radius 3 is 2.58 bits per heavy atom. The molecule has 0 aliphatic rings. The van der Waals surface area contributed by atoms with Crippen molar-refractivity contribution in [2.24, 2.45) is 0 Å². The molecule has 7 heteroatoms. The molecule has 0 spiro atoms. The summed E-state index contributed by atoms with van der Waals surface area (Å²) in [6.07, 6.45) is 3.83. The first-order valence-corrected chi connectivity index (χ1v) is 8.82. The zero-order valence-electron chi connectivity index (χ0n) is 14.5. The molecule has 26 heavy (non-hydrogen) atoms. The van der Waals surface area contributed by atoms with Crippen LogP contribution < -0.4 is 14.2 Å². The number of hydrogen-bond acceptors (Lipinski definition) is 7. The standard InChI is InChI=1S/C19H18N2O4S/c1-23-15-6-3-7-16(18(15)24-2)25-19-13(5-4-8-21-19)11-14(22)12-17-20-9-10-26-17/h3-10H,11-12H2,1-2H3. The SMILES string of the molecule is COc1cccc(Oc2ncccc2CC(=O)Cc2nccs2)c1OC. The van der Waals surface area contributed by atoms with E-state index in [1.165, 1.54) is 11.3 Å². The second kappa shape index (κ2) is 8.44. The minimum absolute atomic E-state index is 0.0513. The Morgan fingerprint density at radius 1 is 1.00 bits per heavy atom. The number of hydrogen-bond donors (Lipinski definition) is 0. The summed E-state index contributed by atoms with van der Waals surface area (Å²) in [5.41, 5.74) is 0.707. The lowest BCUT2D eigenvalue weighted by molar-refractivity contribution is -0.117. The van der Waals surface area contributed by atoms with Gasteiger partial charge in [-0.2, -0.15) is 0 Å². The first kappa shape index (κ1) is 17.9. The molecule has 1 aromatic carbocycles. The molecule has 3 aromatic rings. The third-order valence-corrected chi connectivity index (χ3v) is 4.42. The Hall–Kier alpha value is -2.93. The van der Waals surface area contributed by atoms with Crippen molar-refractivity contribution < 1.29 is 19.0 Å². The molecule has 0 fully saturated rings. The average molecular weight is 370 g/mol. The maximum atomic E-state index is 12.3. The van der Waals surface area contributed by atoms with Gasteiger partial charge in [-0.05, 0) is 18.2 Å². The van der Waals surface area contributed by atoms with Crippen molar-refractivity contribution in [1.29, 1.82) is 0 Å². The average Bonchev–Trinajstić information content (AvgIpc) is 3.16. The lowest BCUT2D eigenvalue weighted by Crippen LogP contribution is -2.08. The molecule has 0 amide bonds. The molecule has 0 radical (unpaired) electrons. The summed E-state index contributed by atoms with van der Waals surface area (Å²) < 4.78 is 16.6. The Bertz CT molecular complexity index is 881. The van der Waals surface area contributed by atoms with E-state index >= 15 is 0 Å². The first-order chi connectivity index (χ1) is 12.7. The summed E-state index contributed by atoms with van der Waals surface area (Å²) >= 11 is 1.47. The molecule has 0 atom stereocenters. The van der Waals surface area contributed by atoms with Gasteiger partial charge in [0.25, 0.3) is 0 Å². The van der Waals surface area contributed by atoms with Crippen LogP contribution in [0.5, 0.6) is 23.1 Å². The Kier molecular flexibility index (Phi) is 5.80. The van der Waals surface area contributed by atoms with Crippen LogP contribution in [0.25, 0.3) is 0 Å². The van der Waals surface area contributed by atoms with Crippen LogP contribution in [-0.4, -0.2) is 30.0 Å². The summed E-state index contributed by atoms with van der Waals surface area (Å²) in [6, 6.07) is 8.95. The van der Waals surface area contributed by atoms with Gasteiger partial charge in [0.1, 0.15) is 5.78 Å². The smallest absolute Gasteiger partial charge is 0.223 e. The number of ether oxygens (including phenoxy) is 3. The summed E-state index contributed by atoms with van der Waals surface area (Å²) in [5, 5.41) is 2.66. The van der Waals surface area contributed by atoms with E-state index in [4.69, 9.17) is 14.2 Å². The number of methoxy groups -OCH3 is 2. The molecule has 0 aliphatic heterocycles. The maximum absolute atomic E-state index is 12.3. The highest BCUT2D eigenvalue weighted by Crippen LogP contribution is 2.39. The van der Waals surface area contributed by atoms with Crippen molar-refractivity contribution in [3.05, 3.63) is 58.7 Å². The molecule has 0 aliphatic carbocycles. The predicted molar refractivity (Wildman–Crippen MR) is 98.4 cm³/mol. The van der Waals surface area contributed by atoms with E-state index in [1.54, 1.807) is 50.9 Å². The number of aromatic nitrogens is 2. The zero-order chi connectivity index (χ0) is 18.4. The third kappa shape index (κ3) is 4.18. The molecule has 0 N–H and O–H groups in total. The van der Waals surface area contributed by atoms with Crippen LogP contribution in [0, 0.1) is 0 Å². The molecule has 6 nitrogen and oxygen atoms in total. The van der Waals surface area contributed by atoms with Crippen LogP contribution in [0.15, 0.2) is 48.1 Å². The lowest BCUT2D eigenvalue weighted by atomic mass is 10.1. The third-order valence-electron chi connectivity index (χ3n) is 3.64. The lowest BCUT2D eigenvalue weighted by Gasteiger charge is -2.14. The van der Waals surface area contributed by atoms with Gasteiger partial charge in [-0.1, -0.05) is 12.1 Å². The zero-order valence-corrected chi connectivity index (χ0v) is 15.3. The number of pyridine rings is 1. The van der Waals surface area contributed by atoms with Gasteiger partial charge in [-0.3, -0.25) is 4.79 Å². The van der Waals surface area contributed by atoms with E-state index in [9.17, 15) is 4.79 Å². The van der Waals surface area contributed by atoms with Crippen LogP contribution in [0.4, 0.5) is 0 Å². The molecular weight excluding hydrogens is 352 g/mol. The molecular formula is C19H18N2O4S. The predicted octanol–water partition coefficient (Wildman–Crippen LogP) is 3.70. The van der Waals surface area contributed by atoms with E-state index in [0.29, 0.717) is 35.1 Å². The monoisotopic (exact) mass is 370 g/mol. The number of thiazole rings is 1. The maximum Gasteiger partial charge on any atom is 0.223 e. The molecule has 3 rings (SSSR count). The van der Waals surface area contributed by atoms with Crippen LogP contribution in [0.1, 0.15) is 10.6 Å². The van der Waals surface area contributed by atoms with E-state index in [-0.39, 0.29) is 12.2 Å². The largest absolute Gasteiger partial charge is 0.493 e. The van der Waals surface area contributed by atoms with E-state index in [0.717, 1.165) is 5.01 Å². The van der Waals surface area contributed by atoms with Crippen LogP contribution in [-0.2, 0) is 17.6 Å². The first-order valence-electron chi connectivity index (χ1n) is 7.94. The molecule has 0 unspecified atom stereocenters. The van der Waals surface area contributed by atoms with Gasteiger partial charge < -0.3 is 14.2 Å². The number of para-hydroxylation sites is 1. The number of benzene rings is 1. The van der Waals surface area contributed by atoms with Crippen molar-refractivity contribution in [2.75, 3.05) is 14.2 Å². The van der Waals surface area contributed by atoms with E-state index in [2.05, 4.69) is 9.97 Å². The molecule has 0 bridgehead atoms. The van der Waals surface area contributed by atoms with Gasteiger partial charge >= 0.3 is 0 Å². The topological polar surface area (TPSA) is 70.5 Å². The van der Waals surface area contributed by atoms with Gasteiger partial charge in [0, 0.05) is 29.8 Å². The quantitative estimate of drug-likeness (QED) is 0.602. The van der Waals surface area contributed by atoms with Gasteiger partial charge in [0.05, 0.1) is 25.6 Å². The van der Waals surface area contributed by atoms with E-state index < -0.39 is 0 Å². The number of ketones is 1. The molecule has 0 saturated heterocycles. The summed E-state index contributed by atoms with van der Waals surface area (Å²) in [4.78, 5) is 20.8. The van der Waals surface area contributed by atoms with Crippen molar-refractivity contribution >= 4 is 17.1 Å². The number of carbonyl (C=O) groups excluding carboxylic acids is 1. The number of Topliss-reactive ketones (excluding diaryl/α,β-unsaturated/α-hetero) is 1. The Morgan fingerprint density at radius 2 is 1.85 bits per heavy atom. The van der Waals surface area contributed by atoms with E-state index in [1.807, 2.05) is 11.4 Å². The van der Waals surface area contributed by atoms with Crippen molar-refractivity contribution in [1.82, 2.24) is 9.97 Å². The second-order valence-electron chi connectivity index (χ2n) is 5.38. The number of rotatable bonds is 8. The van der Waals surface area contributed by atoms with Crippen LogP contribution >= 0.6 is 11.3 Å². The molecule has 0 saturated carbocycles. The highest BCUT2D eigenvalue weighted by atomic mass is 32.1. The fraction of sp³-hybridized carbons (Fsp3) is 0.211. The number of carbonyl (C=O) groups is 1. The minimum Gasteiger partial charge on any atom is -0.493 e. The second-order valence-corrected chi connectivity index (χ2v) is 6.36. The van der Waals surface area contributed by atoms with Gasteiger partial charge in [-0.25, -0.2) is 9.97 Å². The van der Waals surface area contributed by atoms with Crippen LogP contribution in [0.3, 0.4) is 0 Å². The van der Waals surface area contributed by atoms with Crippen molar-refractivity contribution in [3.8, 4) is 23.1 Å². The summed E-state index contributed by atoms with van der Waals surface area (Å²) in [7, 11) is 3.10. The van der Waals surface area contributed by atoms with Gasteiger partial charge in [-0.15, -0.1) is 11.3 Å². The highest BCUT2D eigenvalue weighted by Gasteiger charge is 2.16. The van der Waals surface area contributed by atoms with Crippen molar-refractivity contribution in [3.63, 3.8) is 0 Å². The van der Waals surface area contributed by atoms with Gasteiger partial charge in [0.15, 0.2) is 11.5 Å². The van der Waals surface area contributed by atoms with Crippen LogP contribution in [0.2, 0.25) is 0 Å². The molecule has 134 valence electrons. The molecule has 2 heterocycles. The summed E-state index contributed by atoms with van der Waals surface area (Å²) in [6.45, 7) is 0. The Balaban J connectivity index is 1.80. The Labute approximate surface area is 155 Å². The molecule has 2 aromatic heterocycles. The fourth-order valence-electron chi connectivity index (χ4n) is 2.48. The van der Waals surface area contributed by atoms with Crippen molar-refractivity contribution in [2.45, 2.75) is 12.8 Å². The highest BCUT2D eigenvalue weighted by molar-refractivity contribution is 7.09. The fourth-order valence-corrected chi connectivity index (χ4v) is 3.12. The summed E-state index contributed by atoms with van der Waals surface area (Å²) in [5.74, 6) is 1.92. The number of nitrogens with zero attached hydrogens (tertiary/aromatic N) is 2. The minimum atomic E-state index is 0.0513. The van der Waals surface area contributed by atoms with Gasteiger partial charge in [0.2, 0.25) is 11.6 Å². The normalized spacial score (nSPS) is 10.4.